The van der Waals surface area contributed by atoms with E-state index < -0.39 is 0 Å². The average molecular weight is 247 g/mol. The zero-order chi connectivity index (χ0) is 13.0. The number of carbonyl (C=O) groups is 1. The molecule has 0 radical (unpaired) electrons. The van der Waals surface area contributed by atoms with Crippen LogP contribution >= 0.6 is 0 Å². The average Bonchev–Trinajstić information content (AvgIpc) is 2.72. The number of hydrogen-bond donors (Lipinski definition) is 1. The second-order valence-corrected chi connectivity index (χ2v) is 4.16. The summed E-state index contributed by atoms with van der Waals surface area (Å²) in [7, 11) is 0. The highest BCUT2D eigenvalue weighted by atomic mass is 16.5. The van der Waals surface area contributed by atoms with E-state index >= 15 is 0 Å². The smallest absolute Gasteiger partial charge is 0.308 e. The summed E-state index contributed by atoms with van der Waals surface area (Å²) >= 11 is 0. The van der Waals surface area contributed by atoms with Crippen molar-refractivity contribution in [2.45, 2.75) is 26.7 Å². The van der Waals surface area contributed by atoms with Gasteiger partial charge in [-0.2, -0.15) is 0 Å². The minimum Gasteiger partial charge on any atom is -0.494 e. The second-order valence-electron chi connectivity index (χ2n) is 4.16. The first-order chi connectivity index (χ1) is 8.70. The number of aromatic nitrogens is 1. The number of H-pyrrole nitrogens is 1. The second kappa shape index (κ2) is 5.58. The van der Waals surface area contributed by atoms with Crippen LogP contribution in [0.25, 0.3) is 10.9 Å². The van der Waals surface area contributed by atoms with Gasteiger partial charge in [0.2, 0.25) is 0 Å². The van der Waals surface area contributed by atoms with E-state index in [2.05, 4.69) is 11.9 Å². The lowest BCUT2D eigenvalue weighted by atomic mass is 10.2. The molecule has 4 nitrogen and oxygen atoms in total. The molecule has 0 aliphatic heterocycles. The highest BCUT2D eigenvalue weighted by Crippen LogP contribution is 2.29. The lowest BCUT2D eigenvalue weighted by Gasteiger charge is -2.05. The summed E-state index contributed by atoms with van der Waals surface area (Å²) in [5.74, 6) is 1.01. The number of esters is 1. The van der Waals surface area contributed by atoms with E-state index in [4.69, 9.17) is 9.47 Å². The van der Waals surface area contributed by atoms with Crippen molar-refractivity contribution in [1.82, 2.24) is 4.98 Å². The van der Waals surface area contributed by atoms with Gasteiger partial charge in [0.15, 0.2) is 5.75 Å². The van der Waals surface area contributed by atoms with E-state index in [0.29, 0.717) is 12.4 Å². The number of unbranched alkanes of at least 4 members (excludes halogenated alkanes) is 1. The normalized spacial score (nSPS) is 10.6. The number of rotatable bonds is 5. The Morgan fingerprint density at radius 3 is 2.94 bits per heavy atom. The van der Waals surface area contributed by atoms with Crippen molar-refractivity contribution in [2.75, 3.05) is 6.61 Å². The van der Waals surface area contributed by atoms with Crippen molar-refractivity contribution in [3.8, 4) is 11.5 Å². The van der Waals surface area contributed by atoms with Crippen LogP contribution in [-0.2, 0) is 4.79 Å². The SMILES string of the molecule is CCCCOc1ccc2[nH]cc(OC(C)=O)c2c1. The molecule has 1 aromatic carbocycles. The predicted octanol–water partition coefficient (Wildman–Crippen LogP) is 3.27. The molecule has 0 unspecified atom stereocenters. The van der Waals surface area contributed by atoms with Gasteiger partial charge in [-0.1, -0.05) is 13.3 Å². The molecule has 4 heteroatoms. The molecular formula is C14H17NO3. The lowest BCUT2D eigenvalue weighted by molar-refractivity contribution is -0.131. The quantitative estimate of drug-likeness (QED) is 0.651. The third-order valence-corrected chi connectivity index (χ3v) is 2.64. The van der Waals surface area contributed by atoms with Crippen LogP contribution in [0.2, 0.25) is 0 Å². The Morgan fingerprint density at radius 1 is 1.39 bits per heavy atom. The maximum Gasteiger partial charge on any atom is 0.308 e. The molecule has 0 bridgehead atoms. The predicted molar refractivity (Wildman–Crippen MR) is 70.0 cm³/mol. The first-order valence-electron chi connectivity index (χ1n) is 6.13. The lowest BCUT2D eigenvalue weighted by Crippen LogP contribution is -2.00. The molecule has 1 N–H and O–H groups in total. The standard InChI is InChI=1S/C14H17NO3/c1-3-4-7-17-11-5-6-13-12(8-11)14(9-15-13)18-10(2)16/h5-6,8-9,15H,3-4,7H2,1-2H3. The number of carbonyl (C=O) groups excluding carboxylic acids is 1. The fourth-order valence-corrected chi connectivity index (χ4v) is 1.74. The molecular weight excluding hydrogens is 230 g/mol. The van der Waals surface area contributed by atoms with Gasteiger partial charge in [-0.25, -0.2) is 0 Å². The van der Waals surface area contributed by atoms with Gasteiger partial charge >= 0.3 is 5.97 Å². The number of hydrogen-bond acceptors (Lipinski definition) is 3. The molecule has 2 rings (SSSR count). The first kappa shape index (κ1) is 12.5. The van der Waals surface area contributed by atoms with Gasteiger partial charge < -0.3 is 14.5 Å². The van der Waals surface area contributed by atoms with Crippen LogP contribution in [0.15, 0.2) is 24.4 Å². The minimum absolute atomic E-state index is 0.326. The zero-order valence-corrected chi connectivity index (χ0v) is 10.7. The van der Waals surface area contributed by atoms with Gasteiger partial charge in [0.05, 0.1) is 6.61 Å². The molecule has 0 fully saturated rings. The summed E-state index contributed by atoms with van der Waals surface area (Å²) in [5, 5.41) is 0.860. The molecule has 1 aromatic heterocycles. The third kappa shape index (κ3) is 2.83. The summed E-state index contributed by atoms with van der Waals surface area (Å²) in [5.41, 5.74) is 0.925. The highest BCUT2D eigenvalue weighted by molar-refractivity contribution is 5.89. The van der Waals surface area contributed by atoms with Gasteiger partial charge in [0.1, 0.15) is 5.75 Å². The van der Waals surface area contributed by atoms with Crippen LogP contribution in [0.5, 0.6) is 11.5 Å². The Labute approximate surface area is 106 Å². The monoisotopic (exact) mass is 247 g/mol. The van der Waals surface area contributed by atoms with Crippen LogP contribution in [0.4, 0.5) is 0 Å². The maximum atomic E-state index is 11.0. The number of nitrogens with one attached hydrogen (secondary N) is 1. The van der Waals surface area contributed by atoms with Gasteiger partial charge in [-0.05, 0) is 24.6 Å². The van der Waals surface area contributed by atoms with Crippen molar-refractivity contribution in [2.24, 2.45) is 0 Å². The van der Waals surface area contributed by atoms with Crippen molar-refractivity contribution in [1.29, 1.82) is 0 Å². The summed E-state index contributed by atoms with van der Waals surface area (Å²) in [6, 6.07) is 5.72. The van der Waals surface area contributed by atoms with Crippen molar-refractivity contribution < 1.29 is 14.3 Å². The van der Waals surface area contributed by atoms with Crippen LogP contribution in [0, 0.1) is 0 Å². The fraction of sp³-hybridized carbons (Fsp3) is 0.357. The van der Waals surface area contributed by atoms with Crippen LogP contribution < -0.4 is 9.47 Å². The molecule has 0 aliphatic rings. The van der Waals surface area contributed by atoms with Gasteiger partial charge in [-0.15, -0.1) is 0 Å². The third-order valence-electron chi connectivity index (χ3n) is 2.64. The van der Waals surface area contributed by atoms with E-state index in [1.54, 1.807) is 6.20 Å². The molecule has 0 amide bonds. The van der Waals surface area contributed by atoms with Crippen LogP contribution in [0.1, 0.15) is 26.7 Å². The van der Waals surface area contributed by atoms with Gasteiger partial charge in [0.25, 0.3) is 0 Å². The number of aromatic amines is 1. The molecule has 1 heterocycles. The summed E-state index contributed by atoms with van der Waals surface area (Å²) < 4.78 is 10.8. The van der Waals surface area contributed by atoms with E-state index in [0.717, 1.165) is 29.5 Å². The first-order valence-corrected chi connectivity index (χ1v) is 6.13. The van der Waals surface area contributed by atoms with Crippen LogP contribution in [-0.4, -0.2) is 17.6 Å². The van der Waals surface area contributed by atoms with Crippen molar-refractivity contribution >= 4 is 16.9 Å². The molecule has 0 atom stereocenters. The van der Waals surface area contributed by atoms with Crippen LogP contribution in [0.3, 0.4) is 0 Å². The van der Waals surface area contributed by atoms with E-state index in [9.17, 15) is 4.79 Å². The van der Waals surface area contributed by atoms with E-state index in [-0.39, 0.29) is 5.97 Å². The van der Waals surface area contributed by atoms with Gasteiger partial charge in [-0.3, -0.25) is 4.79 Å². The zero-order valence-electron chi connectivity index (χ0n) is 10.7. The molecule has 18 heavy (non-hydrogen) atoms. The Kier molecular flexibility index (Phi) is 3.87. The fourth-order valence-electron chi connectivity index (χ4n) is 1.74. The van der Waals surface area contributed by atoms with E-state index in [1.165, 1.54) is 6.92 Å². The van der Waals surface area contributed by atoms with Gasteiger partial charge in [0, 0.05) is 24.0 Å². The highest BCUT2D eigenvalue weighted by Gasteiger charge is 2.08. The number of fused-ring (bicyclic) bond motifs is 1. The number of benzene rings is 1. The molecule has 0 spiro atoms. The topological polar surface area (TPSA) is 51.3 Å². The maximum absolute atomic E-state index is 11.0. The Balaban J connectivity index is 2.21. The molecule has 0 aliphatic carbocycles. The number of ether oxygens (including phenoxy) is 2. The molecule has 2 aromatic rings. The summed E-state index contributed by atoms with van der Waals surface area (Å²) in [4.78, 5) is 14.0. The molecule has 96 valence electrons. The Bertz CT molecular complexity index is 545. The van der Waals surface area contributed by atoms with E-state index in [1.807, 2.05) is 18.2 Å². The Morgan fingerprint density at radius 2 is 2.22 bits per heavy atom. The van der Waals surface area contributed by atoms with Crippen molar-refractivity contribution in [3.63, 3.8) is 0 Å². The minimum atomic E-state index is -0.326. The Hall–Kier alpha value is -1.97. The molecule has 0 saturated carbocycles. The molecule has 0 saturated heterocycles. The summed E-state index contributed by atoms with van der Waals surface area (Å²) in [6.45, 7) is 4.22. The van der Waals surface area contributed by atoms with Crippen molar-refractivity contribution in [3.05, 3.63) is 24.4 Å². The largest absolute Gasteiger partial charge is 0.494 e. The summed E-state index contributed by atoms with van der Waals surface area (Å²) in [6.07, 6.45) is 3.81.